The van der Waals surface area contributed by atoms with Crippen molar-refractivity contribution in [2.45, 2.75) is 18.8 Å². The van der Waals surface area contributed by atoms with Gasteiger partial charge in [-0.25, -0.2) is 4.98 Å². The van der Waals surface area contributed by atoms with Crippen molar-refractivity contribution < 1.29 is 4.42 Å². The van der Waals surface area contributed by atoms with Crippen LogP contribution in [0.4, 0.5) is 0 Å². The fourth-order valence-electron chi connectivity index (χ4n) is 2.08. The summed E-state index contributed by atoms with van der Waals surface area (Å²) < 4.78 is 5.84. The van der Waals surface area contributed by atoms with Crippen LogP contribution in [-0.4, -0.2) is 18.1 Å². The van der Waals surface area contributed by atoms with Crippen molar-refractivity contribution in [3.63, 3.8) is 0 Å². The van der Waals surface area contributed by atoms with Gasteiger partial charge < -0.3 is 9.73 Å². The average molecular weight is 234 g/mol. The fraction of sp³-hybridized carbons (Fsp3) is 0.417. The monoisotopic (exact) mass is 234 g/mol. The highest BCUT2D eigenvalue weighted by molar-refractivity contribution is 7.13. The van der Waals surface area contributed by atoms with E-state index in [-0.39, 0.29) is 0 Å². The molecule has 3 heterocycles. The molecule has 84 valence electrons. The van der Waals surface area contributed by atoms with Gasteiger partial charge >= 0.3 is 0 Å². The molecule has 0 amide bonds. The van der Waals surface area contributed by atoms with E-state index in [0.29, 0.717) is 5.92 Å². The Labute approximate surface area is 98.5 Å². The molecule has 1 aliphatic heterocycles. The van der Waals surface area contributed by atoms with E-state index in [4.69, 9.17) is 4.42 Å². The van der Waals surface area contributed by atoms with E-state index in [1.807, 2.05) is 12.3 Å². The molecule has 1 fully saturated rings. The van der Waals surface area contributed by atoms with Crippen molar-refractivity contribution >= 4 is 11.3 Å². The maximum atomic E-state index is 5.84. The quantitative estimate of drug-likeness (QED) is 0.868. The molecule has 0 unspecified atom stereocenters. The highest BCUT2D eigenvalue weighted by atomic mass is 32.1. The lowest BCUT2D eigenvalue weighted by atomic mass is 9.98. The number of nitrogens with zero attached hydrogens (tertiary/aromatic N) is 1. The van der Waals surface area contributed by atoms with Gasteiger partial charge in [-0.1, -0.05) is 6.07 Å². The first kappa shape index (κ1) is 10.1. The molecule has 1 aliphatic rings. The van der Waals surface area contributed by atoms with Crippen molar-refractivity contribution in [3.05, 3.63) is 29.6 Å². The zero-order valence-electron chi connectivity index (χ0n) is 8.98. The molecule has 2 aromatic heterocycles. The highest BCUT2D eigenvalue weighted by Gasteiger charge is 2.20. The Kier molecular flexibility index (Phi) is 2.76. The molecule has 3 rings (SSSR count). The van der Waals surface area contributed by atoms with Gasteiger partial charge in [0.25, 0.3) is 0 Å². The Morgan fingerprint density at radius 3 is 3.00 bits per heavy atom. The van der Waals surface area contributed by atoms with Crippen LogP contribution >= 0.6 is 11.3 Å². The second-order valence-corrected chi connectivity index (χ2v) is 5.01. The van der Waals surface area contributed by atoms with Crippen molar-refractivity contribution in [1.29, 1.82) is 0 Å². The minimum atomic E-state index is 0.495. The van der Waals surface area contributed by atoms with Crippen molar-refractivity contribution in [2.24, 2.45) is 0 Å². The number of hydrogen-bond acceptors (Lipinski definition) is 4. The van der Waals surface area contributed by atoms with Crippen LogP contribution in [0.5, 0.6) is 0 Å². The first-order chi connectivity index (χ1) is 7.93. The first-order valence-corrected chi connectivity index (χ1v) is 6.52. The van der Waals surface area contributed by atoms with E-state index in [1.54, 1.807) is 11.3 Å². The number of nitrogens with one attached hydrogen (secondary N) is 1. The summed E-state index contributed by atoms with van der Waals surface area (Å²) in [7, 11) is 0. The van der Waals surface area contributed by atoms with Gasteiger partial charge in [-0.05, 0) is 37.4 Å². The van der Waals surface area contributed by atoms with E-state index in [0.717, 1.165) is 42.5 Å². The Morgan fingerprint density at radius 2 is 2.25 bits per heavy atom. The van der Waals surface area contributed by atoms with Crippen LogP contribution in [0.2, 0.25) is 0 Å². The third kappa shape index (κ3) is 1.90. The van der Waals surface area contributed by atoms with Crippen LogP contribution in [0.1, 0.15) is 24.7 Å². The molecule has 1 N–H and O–H groups in total. The van der Waals surface area contributed by atoms with Crippen LogP contribution < -0.4 is 5.32 Å². The number of rotatable bonds is 2. The van der Waals surface area contributed by atoms with Gasteiger partial charge in [0.2, 0.25) is 0 Å². The Bertz CT molecular complexity index is 443. The topological polar surface area (TPSA) is 38.1 Å². The van der Waals surface area contributed by atoms with E-state index in [1.165, 1.54) is 0 Å². The fourth-order valence-corrected chi connectivity index (χ4v) is 2.75. The summed E-state index contributed by atoms with van der Waals surface area (Å²) in [6.45, 7) is 2.14. The normalized spacial score (nSPS) is 17.8. The summed E-state index contributed by atoms with van der Waals surface area (Å²) in [5.41, 5.74) is 0. The molecular weight excluding hydrogens is 220 g/mol. The van der Waals surface area contributed by atoms with E-state index < -0.39 is 0 Å². The molecule has 2 aromatic rings. The number of oxazole rings is 1. The van der Waals surface area contributed by atoms with Crippen LogP contribution in [0.3, 0.4) is 0 Å². The van der Waals surface area contributed by atoms with Gasteiger partial charge in [0.1, 0.15) is 0 Å². The van der Waals surface area contributed by atoms with Gasteiger partial charge in [-0.15, -0.1) is 11.3 Å². The smallest absolute Gasteiger partial charge is 0.198 e. The Hall–Kier alpha value is -1.13. The lowest BCUT2D eigenvalue weighted by Crippen LogP contribution is -2.26. The zero-order chi connectivity index (χ0) is 10.8. The molecule has 0 atom stereocenters. The molecule has 0 aromatic carbocycles. The number of thiophene rings is 1. The minimum absolute atomic E-state index is 0.495. The molecule has 0 radical (unpaired) electrons. The van der Waals surface area contributed by atoms with E-state index in [9.17, 15) is 0 Å². The number of aromatic nitrogens is 1. The van der Waals surface area contributed by atoms with Crippen LogP contribution in [0.15, 0.2) is 28.1 Å². The predicted molar refractivity (Wildman–Crippen MR) is 64.7 cm³/mol. The zero-order valence-corrected chi connectivity index (χ0v) is 9.80. The van der Waals surface area contributed by atoms with Gasteiger partial charge in [0, 0.05) is 5.92 Å². The van der Waals surface area contributed by atoms with Crippen LogP contribution in [0.25, 0.3) is 10.6 Å². The molecule has 3 nitrogen and oxygen atoms in total. The van der Waals surface area contributed by atoms with Gasteiger partial charge in [0.05, 0.1) is 11.1 Å². The van der Waals surface area contributed by atoms with Crippen LogP contribution in [0, 0.1) is 0 Å². The molecule has 0 saturated carbocycles. The third-order valence-corrected chi connectivity index (χ3v) is 3.86. The summed E-state index contributed by atoms with van der Waals surface area (Å²) in [6, 6.07) is 4.10. The standard InChI is InChI=1S/C12H14N2OS/c1-2-11(16-7-1)10-8-14-12(15-10)9-3-5-13-6-4-9/h1-2,7-9,13H,3-6H2. The number of piperidine rings is 1. The molecule has 16 heavy (non-hydrogen) atoms. The second kappa shape index (κ2) is 4.39. The van der Waals surface area contributed by atoms with Crippen molar-refractivity contribution in [1.82, 2.24) is 10.3 Å². The summed E-state index contributed by atoms with van der Waals surface area (Å²) in [6.07, 6.45) is 4.11. The molecule has 4 heteroatoms. The maximum absolute atomic E-state index is 5.84. The van der Waals surface area contributed by atoms with E-state index >= 15 is 0 Å². The SMILES string of the molecule is c1csc(-c2cnc(C3CCNCC3)o2)c1. The molecule has 0 spiro atoms. The predicted octanol–water partition coefficient (Wildman–Crippen LogP) is 2.87. The Morgan fingerprint density at radius 1 is 1.38 bits per heavy atom. The maximum Gasteiger partial charge on any atom is 0.198 e. The first-order valence-electron chi connectivity index (χ1n) is 5.64. The molecule has 1 saturated heterocycles. The molecule has 0 bridgehead atoms. The molecular formula is C12H14N2OS. The van der Waals surface area contributed by atoms with E-state index in [2.05, 4.69) is 21.7 Å². The van der Waals surface area contributed by atoms with Gasteiger partial charge in [-0.3, -0.25) is 0 Å². The third-order valence-electron chi connectivity index (χ3n) is 2.98. The molecule has 0 aliphatic carbocycles. The highest BCUT2D eigenvalue weighted by Crippen LogP contribution is 2.30. The van der Waals surface area contributed by atoms with Gasteiger partial charge in [0.15, 0.2) is 11.7 Å². The summed E-state index contributed by atoms with van der Waals surface area (Å²) in [4.78, 5) is 5.57. The summed E-state index contributed by atoms with van der Waals surface area (Å²) >= 11 is 1.69. The Balaban J connectivity index is 1.82. The summed E-state index contributed by atoms with van der Waals surface area (Å²) in [5.74, 6) is 2.31. The lowest BCUT2D eigenvalue weighted by Gasteiger charge is -2.19. The second-order valence-electron chi connectivity index (χ2n) is 4.06. The average Bonchev–Trinajstić information content (AvgIpc) is 3.01. The minimum Gasteiger partial charge on any atom is -0.440 e. The van der Waals surface area contributed by atoms with Crippen LogP contribution in [-0.2, 0) is 0 Å². The van der Waals surface area contributed by atoms with Crippen molar-refractivity contribution in [3.8, 4) is 10.6 Å². The largest absolute Gasteiger partial charge is 0.440 e. The van der Waals surface area contributed by atoms with Crippen molar-refractivity contribution in [2.75, 3.05) is 13.1 Å². The lowest BCUT2D eigenvalue weighted by molar-refractivity contribution is 0.378. The number of hydrogen-bond donors (Lipinski definition) is 1. The summed E-state index contributed by atoms with van der Waals surface area (Å²) in [5, 5.41) is 5.41. The van der Waals surface area contributed by atoms with Gasteiger partial charge in [-0.2, -0.15) is 0 Å².